The van der Waals surface area contributed by atoms with E-state index in [1.165, 1.54) is 25.3 Å². The molecular formula is C14H15FN2O3S. The maximum absolute atomic E-state index is 13.7. The SMILES string of the molecule is CC(C(=O)NCc1ccco1)S(=O)c1ccc(N)cc1F. The number of hydrogen-bond donors (Lipinski definition) is 2. The van der Waals surface area contributed by atoms with Gasteiger partial charge in [0.05, 0.1) is 28.5 Å². The second-order valence-electron chi connectivity index (χ2n) is 4.43. The highest BCUT2D eigenvalue weighted by atomic mass is 32.2. The van der Waals surface area contributed by atoms with Crippen LogP contribution in [0.1, 0.15) is 12.7 Å². The van der Waals surface area contributed by atoms with Crippen LogP contribution in [-0.2, 0) is 22.1 Å². The van der Waals surface area contributed by atoms with Crippen LogP contribution in [0.2, 0.25) is 0 Å². The minimum Gasteiger partial charge on any atom is -0.467 e. The summed E-state index contributed by atoms with van der Waals surface area (Å²) in [4.78, 5) is 11.9. The number of carbonyl (C=O) groups is 1. The van der Waals surface area contributed by atoms with Crippen molar-refractivity contribution in [3.63, 3.8) is 0 Å². The summed E-state index contributed by atoms with van der Waals surface area (Å²) in [7, 11) is -1.80. The first-order valence-electron chi connectivity index (χ1n) is 6.24. The predicted octanol–water partition coefficient (Wildman–Crippen LogP) is 1.81. The van der Waals surface area contributed by atoms with Gasteiger partial charge in [0.25, 0.3) is 0 Å². The molecule has 0 saturated carbocycles. The Morgan fingerprint density at radius 2 is 2.24 bits per heavy atom. The molecule has 3 N–H and O–H groups in total. The van der Waals surface area contributed by atoms with Crippen molar-refractivity contribution in [2.45, 2.75) is 23.6 Å². The summed E-state index contributed by atoms with van der Waals surface area (Å²) in [6.45, 7) is 1.67. The van der Waals surface area contributed by atoms with Gasteiger partial charge < -0.3 is 15.5 Å². The molecule has 1 aromatic carbocycles. The van der Waals surface area contributed by atoms with Gasteiger partial charge in [-0.1, -0.05) is 0 Å². The van der Waals surface area contributed by atoms with Gasteiger partial charge >= 0.3 is 0 Å². The van der Waals surface area contributed by atoms with Crippen molar-refractivity contribution in [3.8, 4) is 0 Å². The Morgan fingerprint density at radius 1 is 1.48 bits per heavy atom. The Kier molecular flexibility index (Phi) is 4.74. The van der Waals surface area contributed by atoms with E-state index in [1.54, 1.807) is 12.1 Å². The van der Waals surface area contributed by atoms with Gasteiger partial charge in [0.15, 0.2) is 0 Å². The van der Waals surface area contributed by atoms with Crippen LogP contribution in [0.3, 0.4) is 0 Å². The lowest BCUT2D eigenvalue weighted by atomic mass is 10.3. The summed E-state index contributed by atoms with van der Waals surface area (Å²) in [5.41, 5.74) is 5.68. The minimum absolute atomic E-state index is 0.0372. The van der Waals surface area contributed by atoms with Crippen molar-refractivity contribution >= 4 is 22.4 Å². The second kappa shape index (κ2) is 6.53. The van der Waals surface area contributed by atoms with Crippen LogP contribution in [0, 0.1) is 5.82 Å². The topological polar surface area (TPSA) is 85.3 Å². The molecule has 1 amide bonds. The Balaban J connectivity index is 2.02. The van der Waals surface area contributed by atoms with Crippen molar-refractivity contribution in [3.05, 3.63) is 48.2 Å². The molecule has 0 radical (unpaired) electrons. The molecule has 0 aliphatic rings. The largest absolute Gasteiger partial charge is 0.467 e. The molecule has 1 aromatic heterocycles. The van der Waals surface area contributed by atoms with E-state index in [0.717, 1.165) is 6.07 Å². The predicted molar refractivity (Wildman–Crippen MR) is 77.2 cm³/mol. The zero-order chi connectivity index (χ0) is 15.4. The van der Waals surface area contributed by atoms with Crippen LogP contribution in [0.5, 0.6) is 0 Å². The van der Waals surface area contributed by atoms with Gasteiger partial charge in [0, 0.05) is 5.69 Å². The molecule has 2 aromatic rings. The van der Waals surface area contributed by atoms with E-state index in [1.807, 2.05) is 0 Å². The molecule has 0 aliphatic heterocycles. The van der Waals surface area contributed by atoms with E-state index in [-0.39, 0.29) is 17.1 Å². The molecule has 7 heteroatoms. The molecule has 0 bridgehead atoms. The number of nitrogen functional groups attached to an aromatic ring is 1. The number of halogens is 1. The fourth-order valence-electron chi connectivity index (χ4n) is 1.70. The molecule has 2 unspecified atom stereocenters. The highest BCUT2D eigenvalue weighted by molar-refractivity contribution is 7.86. The van der Waals surface area contributed by atoms with E-state index in [2.05, 4.69) is 5.32 Å². The number of amides is 1. The van der Waals surface area contributed by atoms with Gasteiger partial charge in [-0.25, -0.2) is 4.39 Å². The van der Waals surface area contributed by atoms with Crippen LogP contribution in [0.15, 0.2) is 45.9 Å². The van der Waals surface area contributed by atoms with Crippen LogP contribution < -0.4 is 11.1 Å². The standard InChI is InChI=1S/C14H15FN2O3S/c1-9(14(18)17-8-11-3-2-6-20-11)21(19)13-5-4-10(16)7-12(13)15/h2-7,9H,8,16H2,1H3,(H,17,18). The highest BCUT2D eigenvalue weighted by Crippen LogP contribution is 2.18. The fourth-order valence-corrected chi connectivity index (χ4v) is 2.81. The number of nitrogens with two attached hydrogens (primary N) is 1. The average Bonchev–Trinajstić information content (AvgIpc) is 2.96. The van der Waals surface area contributed by atoms with E-state index >= 15 is 0 Å². The first-order chi connectivity index (χ1) is 9.99. The maximum atomic E-state index is 13.7. The highest BCUT2D eigenvalue weighted by Gasteiger charge is 2.23. The van der Waals surface area contributed by atoms with E-state index in [9.17, 15) is 13.4 Å². The lowest BCUT2D eigenvalue weighted by molar-refractivity contribution is -0.120. The van der Waals surface area contributed by atoms with Gasteiger partial charge in [-0.05, 0) is 37.3 Å². The maximum Gasteiger partial charge on any atom is 0.236 e. The Hall–Kier alpha value is -2.15. The third-order valence-electron chi connectivity index (χ3n) is 2.88. The lowest BCUT2D eigenvalue weighted by Crippen LogP contribution is -2.35. The average molecular weight is 310 g/mol. The second-order valence-corrected chi connectivity index (χ2v) is 6.17. The number of furan rings is 1. The van der Waals surface area contributed by atoms with Gasteiger partial charge in [0.1, 0.15) is 16.8 Å². The Bertz CT molecular complexity index is 658. The van der Waals surface area contributed by atoms with E-state index < -0.39 is 27.8 Å². The summed E-state index contributed by atoms with van der Waals surface area (Å²) >= 11 is 0. The molecule has 112 valence electrons. The van der Waals surface area contributed by atoms with Crippen molar-refractivity contribution < 1.29 is 17.8 Å². The van der Waals surface area contributed by atoms with Crippen molar-refractivity contribution in [1.82, 2.24) is 5.32 Å². The monoisotopic (exact) mass is 310 g/mol. The summed E-state index contributed by atoms with van der Waals surface area (Å²) < 4.78 is 31.0. The molecule has 0 saturated heterocycles. The van der Waals surface area contributed by atoms with Crippen LogP contribution >= 0.6 is 0 Å². The number of benzene rings is 1. The molecule has 0 aliphatic carbocycles. The third kappa shape index (κ3) is 3.69. The molecule has 2 rings (SSSR count). The van der Waals surface area contributed by atoms with Crippen LogP contribution in [-0.4, -0.2) is 15.4 Å². The van der Waals surface area contributed by atoms with Gasteiger partial charge in [-0.3, -0.25) is 9.00 Å². The number of hydrogen-bond acceptors (Lipinski definition) is 4. The van der Waals surface area contributed by atoms with E-state index in [4.69, 9.17) is 10.2 Å². The van der Waals surface area contributed by atoms with Crippen molar-refractivity contribution in [1.29, 1.82) is 0 Å². The molecule has 21 heavy (non-hydrogen) atoms. The zero-order valence-electron chi connectivity index (χ0n) is 11.3. The number of nitrogens with one attached hydrogen (secondary N) is 1. The smallest absolute Gasteiger partial charge is 0.236 e. The van der Waals surface area contributed by atoms with Crippen LogP contribution in [0.4, 0.5) is 10.1 Å². The van der Waals surface area contributed by atoms with Gasteiger partial charge in [-0.2, -0.15) is 0 Å². The van der Waals surface area contributed by atoms with Crippen molar-refractivity contribution in [2.24, 2.45) is 0 Å². The Morgan fingerprint density at radius 3 is 2.86 bits per heavy atom. The molecular weight excluding hydrogens is 295 g/mol. The lowest BCUT2D eigenvalue weighted by Gasteiger charge is -2.12. The molecule has 0 spiro atoms. The first-order valence-corrected chi connectivity index (χ1v) is 7.46. The first kappa shape index (κ1) is 15.2. The van der Waals surface area contributed by atoms with Gasteiger partial charge in [0.2, 0.25) is 5.91 Å². The molecule has 1 heterocycles. The molecule has 2 atom stereocenters. The number of anilines is 1. The summed E-state index contributed by atoms with van der Waals surface area (Å²) in [5.74, 6) is -0.542. The molecule has 0 fully saturated rings. The van der Waals surface area contributed by atoms with Crippen LogP contribution in [0.25, 0.3) is 0 Å². The van der Waals surface area contributed by atoms with Gasteiger partial charge in [-0.15, -0.1) is 0 Å². The summed E-state index contributed by atoms with van der Waals surface area (Å²) in [6, 6.07) is 7.27. The van der Waals surface area contributed by atoms with E-state index in [0.29, 0.717) is 5.76 Å². The minimum atomic E-state index is -1.80. The normalized spacial score (nSPS) is 13.6. The summed E-state index contributed by atoms with van der Waals surface area (Å²) in [6.07, 6.45) is 1.49. The quantitative estimate of drug-likeness (QED) is 0.825. The zero-order valence-corrected chi connectivity index (χ0v) is 12.2. The number of rotatable bonds is 5. The molecule has 5 nitrogen and oxygen atoms in total. The van der Waals surface area contributed by atoms with Crippen molar-refractivity contribution in [2.75, 3.05) is 5.73 Å². The Labute approximate surface area is 123 Å². The summed E-state index contributed by atoms with van der Waals surface area (Å²) in [5, 5.41) is 1.70. The number of carbonyl (C=O) groups excluding carboxylic acids is 1. The third-order valence-corrected chi connectivity index (χ3v) is 4.50. The fraction of sp³-hybridized carbons (Fsp3) is 0.214.